The molecule has 2 atom stereocenters. The third kappa shape index (κ3) is 1.93. The first-order valence-corrected chi connectivity index (χ1v) is 6.95. The van der Waals surface area contributed by atoms with Crippen molar-refractivity contribution in [1.29, 1.82) is 0 Å². The monoisotopic (exact) mass is 281 g/mol. The van der Waals surface area contributed by atoms with Crippen LogP contribution in [0.15, 0.2) is 28.7 Å². The lowest BCUT2D eigenvalue weighted by atomic mass is 9.57. The Bertz CT molecular complexity index is 364. The summed E-state index contributed by atoms with van der Waals surface area (Å²) in [4.78, 5) is 0. The van der Waals surface area contributed by atoms with Gasteiger partial charge in [0.05, 0.1) is 0 Å². The van der Waals surface area contributed by atoms with Crippen LogP contribution in [0.2, 0.25) is 0 Å². The molecule has 0 saturated heterocycles. The number of rotatable bonds is 4. The van der Waals surface area contributed by atoms with Gasteiger partial charge in [-0.05, 0) is 36.9 Å². The Morgan fingerprint density at radius 2 is 2.19 bits per heavy atom. The van der Waals surface area contributed by atoms with Gasteiger partial charge in [0.2, 0.25) is 0 Å². The molecule has 1 saturated carbocycles. The zero-order chi connectivity index (χ0) is 11.6. The average molecular weight is 282 g/mol. The summed E-state index contributed by atoms with van der Waals surface area (Å²) < 4.78 is 1.26. The van der Waals surface area contributed by atoms with Crippen LogP contribution in [-0.4, -0.2) is 13.1 Å². The van der Waals surface area contributed by atoms with Gasteiger partial charge < -0.3 is 5.32 Å². The van der Waals surface area contributed by atoms with Gasteiger partial charge in [-0.2, -0.15) is 0 Å². The lowest BCUT2D eigenvalue weighted by molar-refractivity contribution is 0.134. The van der Waals surface area contributed by atoms with E-state index in [1.165, 1.54) is 22.9 Å². The van der Waals surface area contributed by atoms with Gasteiger partial charge in [-0.15, -0.1) is 0 Å². The minimum atomic E-state index is 0.357. The largest absolute Gasteiger partial charge is 0.316 e. The SMILES string of the molecule is CCNCC1(c2ccccc2Br)CCC1C. The third-order valence-electron chi connectivity index (χ3n) is 4.07. The summed E-state index contributed by atoms with van der Waals surface area (Å²) in [6, 6.07) is 8.68. The van der Waals surface area contributed by atoms with Crippen molar-refractivity contribution < 1.29 is 0 Å². The smallest absolute Gasteiger partial charge is 0.0213 e. The zero-order valence-electron chi connectivity index (χ0n) is 10.1. The van der Waals surface area contributed by atoms with Crippen molar-refractivity contribution in [3.8, 4) is 0 Å². The molecule has 2 rings (SSSR count). The Morgan fingerprint density at radius 3 is 2.69 bits per heavy atom. The van der Waals surface area contributed by atoms with Crippen LogP contribution in [0.1, 0.15) is 32.3 Å². The highest BCUT2D eigenvalue weighted by atomic mass is 79.9. The van der Waals surface area contributed by atoms with E-state index in [1.807, 2.05) is 0 Å². The van der Waals surface area contributed by atoms with Crippen molar-refractivity contribution in [3.63, 3.8) is 0 Å². The van der Waals surface area contributed by atoms with Gasteiger partial charge in [0.1, 0.15) is 0 Å². The molecule has 88 valence electrons. The summed E-state index contributed by atoms with van der Waals surface area (Å²) >= 11 is 3.70. The maximum absolute atomic E-state index is 3.70. The molecule has 1 nitrogen and oxygen atoms in total. The fraction of sp³-hybridized carbons (Fsp3) is 0.571. The summed E-state index contributed by atoms with van der Waals surface area (Å²) in [6.45, 7) is 6.71. The molecule has 0 aliphatic heterocycles. The van der Waals surface area contributed by atoms with E-state index >= 15 is 0 Å². The molecular weight excluding hydrogens is 262 g/mol. The molecule has 1 aliphatic carbocycles. The number of benzene rings is 1. The van der Waals surface area contributed by atoms with Crippen molar-refractivity contribution in [2.24, 2.45) is 5.92 Å². The molecule has 1 aliphatic rings. The molecule has 2 heteroatoms. The standard InChI is InChI=1S/C14H20BrN/c1-3-16-10-14(9-8-11(14)2)12-6-4-5-7-13(12)15/h4-7,11,16H,3,8-10H2,1-2H3. The Kier molecular flexibility index (Phi) is 3.70. The highest BCUT2D eigenvalue weighted by Gasteiger charge is 2.45. The normalized spacial score (nSPS) is 28.8. The Labute approximate surface area is 107 Å². The lowest BCUT2D eigenvalue weighted by Gasteiger charge is -2.49. The predicted molar refractivity (Wildman–Crippen MR) is 72.8 cm³/mol. The van der Waals surface area contributed by atoms with Crippen LogP contribution >= 0.6 is 15.9 Å². The zero-order valence-corrected chi connectivity index (χ0v) is 11.7. The Morgan fingerprint density at radius 1 is 1.44 bits per heavy atom. The second-order valence-electron chi connectivity index (χ2n) is 4.86. The van der Waals surface area contributed by atoms with Gasteiger partial charge in [-0.25, -0.2) is 0 Å². The maximum atomic E-state index is 3.70. The van der Waals surface area contributed by atoms with E-state index < -0.39 is 0 Å². The number of halogens is 1. The van der Waals surface area contributed by atoms with Crippen molar-refractivity contribution in [3.05, 3.63) is 34.3 Å². The second-order valence-corrected chi connectivity index (χ2v) is 5.71. The summed E-state index contributed by atoms with van der Waals surface area (Å²) in [5.74, 6) is 0.783. The average Bonchev–Trinajstić information content (AvgIpc) is 2.30. The quantitative estimate of drug-likeness (QED) is 0.887. The van der Waals surface area contributed by atoms with Gasteiger partial charge in [0.25, 0.3) is 0 Å². The van der Waals surface area contributed by atoms with Gasteiger partial charge in [-0.3, -0.25) is 0 Å². The fourth-order valence-corrected chi connectivity index (χ4v) is 3.43. The molecule has 1 N–H and O–H groups in total. The van der Waals surface area contributed by atoms with Crippen LogP contribution in [0.3, 0.4) is 0 Å². The Balaban J connectivity index is 2.29. The Hall–Kier alpha value is -0.340. The van der Waals surface area contributed by atoms with Crippen LogP contribution < -0.4 is 5.32 Å². The van der Waals surface area contributed by atoms with E-state index in [4.69, 9.17) is 0 Å². The third-order valence-corrected chi connectivity index (χ3v) is 4.76. The van der Waals surface area contributed by atoms with E-state index in [-0.39, 0.29) is 0 Å². The molecule has 0 bridgehead atoms. The first-order valence-electron chi connectivity index (χ1n) is 6.16. The molecule has 1 aromatic carbocycles. The molecule has 0 heterocycles. The van der Waals surface area contributed by atoms with Crippen LogP contribution in [0.25, 0.3) is 0 Å². The number of hydrogen-bond acceptors (Lipinski definition) is 1. The summed E-state index contributed by atoms with van der Waals surface area (Å²) in [5.41, 5.74) is 1.84. The summed E-state index contributed by atoms with van der Waals surface area (Å²) in [7, 11) is 0. The van der Waals surface area contributed by atoms with E-state index in [2.05, 4.69) is 59.4 Å². The molecule has 0 spiro atoms. The van der Waals surface area contributed by atoms with E-state index in [1.54, 1.807) is 0 Å². The van der Waals surface area contributed by atoms with Crippen molar-refractivity contribution in [2.75, 3.05) is 13.1 Å². The topological polar surface area (TPSA) is 12.0 Å². The van der Waals surface area contributed by atoms with Crippen LogP contribution in [0.4, 0.5) is 0 Å². The lowest BCUT2D eigenvalue weighted by Crippen LogP contribution is -2.50. The van der Waals surface area contributed by atoms with Crippen molar-refractivity contribution >= 4 is 15.9 Å². The molecule has 2 unspecified atom stereocenters. The van der Waals surface area contributed by atoms with Gasteiger partial charge >= 0.3 is 0 Å². The molecule has 0 radical (unpaired) electrons. The second kappa shape index (κ2) is 4.89. The molecule has 1 fully saturated rings. The van der Waals surface area contributed by atoms with Crippen LogP contribution in [0.5, 0.6) is 0 Å². The first-order chi connectivity index (χ1) is 7.70. The molecule has 0 aromatic heterocycles. The van der Waals surface area contributed by atoms with Crippen LogP contribution in [0, 0.1) is 5.92 Å². The number of nitrogens with one attached hydrogen (secondary N) is 1. The minimum Gasteiger partial charge on any atom is -0.316 e. The minimum absolute atomic E-state index is 0.357. The van der Waals surface area contributed by atoms with E-state index in [9.17, 15) is 0 Å². The first kappa shape index (κ1) is 12.1. The molecule has 0 amide bonds. The van der Waals surface area contributed by atoms with Gasteiger partial charge in [0, 0.05) is 16.4 Å². The highest BCUT2D eigenvalue weighted by Crippen LogP contribution is 2.50. The van der Waals surface area contributed by atoms with Gasteiger partial charge in [-0.1, -0.05) is 48.0 Å². The van der Waals surface area contributed by atoms with Crippen molar-refractivity contribution in [2.45, 2.75) is 32.1 Å². The van der Waals surface area contributed by atoms with Gasteiger partial charge in [0.15, 0.2) is 0 Å². The molecule has 1 aromatic rings. The molecule has 16 heavy (non-hydrogen) atoms. The van der Waals surface area contributed by atoms with E-state index in [0.717, 1.165) is 19.0 Å². The van der Waals surface area contributed by atoms with E-state index in [0.29, 0.717) is 5.41 Å². The number of likely N-dealkylation sites (N-methyl/N-ethyl adjacent to an activating group) is 1. The van der Waals surface area contributed by atoms with Crippen LogP contribution in [-0.2, 0) is 5.41 Å². The number of hydrogen-bond donors (Lipinski definition) is 1. The maximum Gasteiger partial charge on any atom is 0.0213 e. The molecular formula is C14H20BrN. The fourth-order valence-electron chi connectivity index (χ4n) is 2.75. The highest BCUT2D eigenvalue weighted by molar-refractivity contribution is 9.10. The van der Waals surface area contributed by atoms with Crippen molar-refractivity contribution in [1.82, 2.24) is 5.32 Å². The summed E-state index contributed by atoms with van der Waals surface area (Å²) in [6.07, 6.45) is 2.66. The predicted octanol–water partition coefficient (Wildman–Crippen LogP) is 3.73. The summed E-state index contributed by atoms with van der Waals surface area (Å²) in [5, 5.41) is 3.53.